The number of nitriles is 1. The van der Waals surface area contributed by atoms with Gasteiger partial charge in [-0.25, -0.2) is 4.98 Å². The van der Waals surface area contributed by atoms with Gasteiger partial charge in [-0.1, -0.05) is 36.4 Å². The molecular weight excluding hydrogens is 414 g/mol. The number of aromatic nitrogens is 2. The van der Waals surface area contributed by atoms with Crippen molar-refractivity contribution in [2.24, 2.45) is 0 Å². The van der Waals surface area contributed by atoms with Crippen LogP contribution in [0.1, 0.15) is 36.0 Å². The highest BCUT2D eigenvalue weighted by atomic mass is 16.1. The van der Waals surface area contributed by atoms with Crippen molar-refractivity contribution in [2.75, 3.05) is 24.5 Å². The van der Waals surface area contributed by atoms with E-state index in [1.54, 1.807) is 12.3 Å². The Bertz CT molecular complexity index is 1280. The van der Waals surface area contributed by atoms with Gasteiger partial charge in [0, 0.05) is 25.8 Å². The molecule has 7 nitrogen and oxygen atoms in total. The summed E-state index contributed by atoms with van der Waals surface area (Å²) in [4.78, 5) is 33.1. The van der Waals surface area contributed by atoms with Gasteiger partial charge in [-0.2, -0.15) is 5.26 Å². The fourth-order valence-electron chi connectivity index (χ4n) is 4.13. The number of fused-ring (bicyclic) bond motifs is 1. The average Bonchev–Trinajstić information content (AvgIpc) is 2.85. The number of hydrogen-bond donors (Lipinski definition) is 1. The van der Waals surface area contributed by atoms with Crippen LogP contribution in [0, 0.1) is 18.3 Å². The van der Waals surface area contributed by atoms with Crippen molar-refractivity contribution >= 4 is 23.4 Å². The second-order valence-electron chi connectivity index (χ2n) is 8.25. The van der Waals surface area contributed by atoms with Gasteiger partial charge in [-0.05, 0) is 55.9 Å². The predicted octanol–water partition coefficient (Wildman–Crippen LogP) is 3.26. The Labute approximate surface area is 193 Å². The zero-order valence-electron chi connectivity index (χ0n) is 18.8. The summed E-state index contributed by atoms with van der Waals surface area (Å²) in [6.45, 7) is 3.90. The van der Waals surface area contributed by atoms with Crippen LogP contribution in [0.2, 0.25) is 0 Å². The largest absolute Gasteiger partial charge is 0.356 e. The lowest BCUT2D eigenvalue weighted by Gasteiger charge is -2.29. The van der Waals surface area contributed by atoms with Crippen LogP contribution in [0.25, 0.3) is 11.7 Å². The van der Waals surface area contributed by atoms with Gasteiger partial charge in [-0.3, -0.25) is 14.0 Å². The molecule has 1 saturated heterocycles. The van der Waals surface area contributed by atoms with E-state index < -0.39 is 5.91 Å². The molecule has 3 heterocycles. The van der Waals surface area contributed by atoms with Gasteiger partial charge in [0.15, 0.2) is 0 Å². The van der Waals surface area contributed by atoms with Crippen LogP contribution in [0.15, 0.2) is 59.0 Å². The molecule has 0 saturated carbocycles. The van der Waals surface area contributed by atoms with E-state index in [0.29, 0.717) is 24.4 Å². The molecule has 33 heavy (non-hydrogen) atoms. The zero-order chi connectivity index (χ0) is 23.2. The number of hydrogen-bond acceptors (Lipinski definition) is 5. The van der Waals surface area contributed by atoms with Crippen molar-refractivity contribution < 1.29 is 4.79 Å². The first-order valence-electron chi connectivity index (χ1n) is 11.3. The number of rotatable bonds is 6. The maximum absolute atomic E-state index is 13.4. The van der Waals surface area contributed by atoms with Crippen LogP contribution in [0.3, 0.4) is 0 Å². The van der Waals surface area contributed by atoms with E-state index >= 15 is 0 Å². The molecule has 168 valence electrons. The van der Waals surface area contributed by atoms with Gasteiger partial charge in [-0.15, -0.1) is 0 Å². The Kier molecular flexibility index (Phi) is 6.84. The number of amides is 1. The molecule has 0 bridgehead atoms. The van der Waals surface area contributed by atoms with Crippen molar-refractivity contribution in [2.45, 2.75) is 32.6 Å². The predicted molar refractivity (Wildman–Crippen MR) is 129 cm³/mol. The number of carbonyl (C=O) groups is 1. The first kappa shape index (κ1) is 22.3. The number of anilines is 1. The van der Waals surface area contributed by atoms with Gasteiger partial charge in [0.1, 0.15) is 23.1 Å². The molecule has 0 radical (unpaired) electrons. The third-order valence-electron chi connectivity index (χ3n) is 5.92. The molecule has 7 heteroatoms. The Morgan fingerprint density at radius 3 is 2.64 bits per heavy atom. The number of pyridine rings is 1. The van der Waals surface area contributed by atoms with Crippen molar-refractivity contribution in [1.29, 1.82) is 5.26 Å². The first-order valence-corrected chi connectivity index (χ1v) is 11.3. The van der Waals surface area contributed by atoms with Crippen molar-refractivity contribution in [1.82, 2.24) is 14.7 Å². The smallest absolute Gasteiger partial charge is 0.267 e. The van der Waals surface area contributed by atoms with Crippen molar-refractivity contribution in [3.8, 4) is 6.07 Å². The van der Waals surface area contributed by atoms with E-state index in [1.165, 1.54) is 10.5 Å². The fraction of sp³-hybridized carbons (Fsp3) is 0.308. The van der Waals surface area contributed by atoms with Crippen LogP contribution < -0.4 is 15.8 Å². The summed E-state index contributed by atoms with van der Waals surface area (Å²) in [5.41, 5.74) is 2.46. The van der Waals surface area contributed by atoms with Gasteiger partial charge >= 0.3 is 0 Å². The van der Waals surface area contributed by atoms with Gasteiger partial charge in [0.05, 0.1) is 5.56 Å². The molecule has 3 aromatic rings. The number of nitrogens with one attached hydrogen (secondary N) is 1. The second-order valence-corrected chi connectivity index (χ2v) is 8.25. The SMILES string of the molecule is Cc1cccn2c(=O)c(/C=C(\C#N)C(=O)NCCc3ccccc3)c(N3CCCCC3)nc12. The molecule has 1 aliphatic rings. The fourth-order valence-corrected chi connectivity index (χ4v) is 4.13. The minimum absolute atomic E-state index is 0.104. The average molecular weight is 442 g/mol. The number of carbonyl (C=O) groups excluding carboxylic acids is 1. The third kappa shape index (κ3) is 4.96. The van der Waals surface area contributed by atoms with Gasteiger partial charge in [0.25, 0.3) is 11.5 Å². The van der Waals surface area contributed by atoms with E-state index in [0.717, 1.165) is 43.5 Å². The summed E-state index contributed by atoms with van der Waals surface area (Å²) in [6.07, 6.45) is 6.89. The summed E-state index contributed by atoms with van der Waals surface area (Å²) in [5, 5.41) is 12.5. The Morgan fingerprint density at radius 1 is 1.15 bits per heavy atom. The molecular formula is C26H27N5O2. The third-order valence-corrected chi connectivity index (χ3v) is 5.92. The van der Waals surface area contributed by atoms with E-state index in [2.05, 4.69) is 10.2 Å². The maximum Gasteiger partial charge on any atom is 0.267 e. The molecule has 0 unspecified atom stereocenters. The van der Waals surface area contributed by atoms with E-state index in [9.17, 15) is 14.9 Å². The zero-order valence-corrected chi connectivity index (χ0v) is 18.8. The summed E-state index contributed by atoms with van der Waals surface area (Å²) < 4.78 is 1.48. The molecule has 1 fully saturated rings. The topological polar surface area (TPSA) is 90.5 Å². The monoisotopic (exact) mass is 441 g/mol. The summed E-state index contributed by atoms with van der Waals surface area (Å²) in [5.74, 6) is 0.0469. The Hall–Kier alpha value is -3.92. The van der Waals surface area contributed by atoms with Crippen LogP contribution in [0.4, 0.5) is 5.82 Å². The molecule has 1 aromatic carbocycles. The minimum atomic E-state index is -0.494. The molecule has 4 rings (SSSR count). The van der Waals surface area contributed by atoms with E-state index in [4.69, 9.17) is 4.98 Å². The Balaban J connectivity index is 1.68. The van der Waals surface area contributed by atoms with Crippen LogP contribution in [-0.2, 0) is 11.2 Å². The number of nitrogens with zero attached hydrogens (tertiary/aromatic N) is 4. The van der Waals surface area contributed by atoms with Gasteiger partial charge < -0.3 is 10.2 Å². The summed E-state index contributed by atoms with van der Waals surface area (Å²) >= 11 is 0. The number of piperidine rings is 1. The van der Waals surface area contributed by atoms with Crippen LogP contribution in [-0.4, -0.2) is 34.9 Å². The molecule has 0 spiro atoms. The lowest BCUT2D eigenvalue weighted by molar-refractivity contribution is -0.117. The lowest BCUT2D eigenvalue weighted by Crippen LogP contribution is -2.34. The second kappa shape index (κ2) is 10.1. The highest BCUT2D eigenvalue weighted by molar-refractivity contribution is 6.02. The first-order chi connectivity index (χ1) is 16.1. The highest BCUT2D eigenvalue weighted by Gasteiger charge is 2.21. The minimum Gasteiger partial charge on any atom is -0.356 e. The highest BCUT2D eigenvalue weighted by Crippen LogP contribution is 2.23. The molecule has 1 amide bonds. The van der Waals surface area contributed by atoms with Crippen molar-refractivity contribution in [3.63, 3.8) is 0 Å². The Morgan fingerprint density at radius 2 is 1.91 bits per heavy atom. The van der Waals surface area contributed by atoms with E-state index in [1.807, 2.05) is 49.4 Å². The molecule has 1 N–H and O–H groups in total. The normalized spacial score (nSPS) is 14.2. The van der Waals surface area contributed by atoms with E-state index in [-0.39, 0.29) is 16.7 Å². The maximum atomic E-state index is 13.4. The quantitative estimate of drug-likeness (QED) is 0.468. The van der Waals surface area contributed by atoms with Crippen molar-refractivity contribution in [3.05, 3.63) is 81.3 Å². The molecule has 1 aliphatic heterocycles. The summed E-state index contributed by atoms with van der Waals surface area (Å²) in [7, 11) is 0. The van der Waals surface area contributed by atoms with Crippen LogP contribution >= 0.6 is 0 Å². The molecule has 0 atom stereocenters. The number of benzene rings is 1. The standard InChI is InChI=1S/C26H27N5O2/c1-19-9-8-16-31-23(19)29-24(30-14-6-3-7-15-30)22(26(31)33)17-21(18-27)25(32)28-13-12-20-10-4-2-5-11-20/h2,4-5,8-11,16-17H,3,6-7,12-15H2,1H3,(H,28,32)/b21-17+. The molecule has 0 aliphatic carbocycles. The summed E-state index contributed by atoms with van der Waals surface area (Å²) in [6, 6.07) is 15.5. The molecule has 2 aromatic heterocycles. The van der Waals surface area contributed by atoms with Crippen LogP contribution in [0.5, 0.6) is 0 Å². The lowest BCUT2D eigenvalue weighted by atomic mass is 10.1. The van der Waals surface area contributed by atoms with Gasteiger partial charge in [0.2, 0.25) is 0 Å². The number of aryl methyl sites for hydroxylation is 1.